The Morgan fingerprint density at radius 3 is 2.21 bits per heavy atom. The fourth-order valence-electron chi connectivity index (χ4n) is 6.19. The standard InChI is InChI=1S/C31H41ClF3N7/c1-19(2)40-11-9-22(10-12-40)31(34,35)25-8-6-7-23(27(25)33)21(5)38-29-24-17-26(28(32)39-30(24)37-18-36-29)42-15-13-41(14-16-42)20(3)4/h6-8,17-22H,9-16H2,1-5H3,(H,36,37,38,39)/t21-/m1/s1. The number of likely N-dealkylation sites (tertiary alicyclic amines) is 1. The Morgan fingerprint density at radius 1 is 0.929 bits per heavy atom. The second kappa shape index (κ2) is 12.5. The predicted octanol–water partition coefficient (Wildman–Crippen LogP) is 6.73. The fourth-order valence-corrected chi connectivity index (χ4v) is 6.45. The minimum Gasteiger partial charge on any atom is -0.366 e. The van der Waals surface area contributed by atoms with E-state index in [0.717, 1.165) is 31.9 Å². The number of nitrogens with one attached hydrogen (secondary N) is 1. The Kier molecular flexibility index (Phi) is 9.16. The Bertz CT molecular complexity index is 1390. The SMILES string of the molecule is CC(C)N1CCC(C(F)(F)c2cccc([C@@H](C)Nc3ncnc4nc(Cl)c(N5CCN(C(C)C)CC5)cc34)c2F)CC1. The minimum atomic E-state index is -3.26. The molecule has 0 radical (unpaired) electrons. The molecule has 228 valence electrons. The number of fused-ring (bicyclic) bond motifs is 1. The molecule has 11 heteroatoms. The predicted molar refractivity (Wildman–Crippen MR) is 163 cm³/mol. The molecule has 2 aliphatic rings. The van der Waals surface area contributed by atoms with Gasteiger partial charge in [0, 0.05) is 49.7 Å². The first-order chi connectivity index (χ1) is 20.0. The number of hydrogen-bond donors (Lipinski definition) is 1. The van der Waals surface area contributed by atoms with Gasteiger partial charge in [0.2, 0.25) is 0 Å². The number of anilines is 2. The van der Waals surface area contributed by atoms with Crippen LogP contribution in [0.4, 0.5) is 24.7 Å². The van der Waals surface area contributed by atoms with Crippen LogP contribution >= 0.6 is 11.6 Å². The number of hydrogen-bond acceptors (Lipinski definition) is 7. The third-order valence-electron chi connectivity index (χ3n) is 8.92. The van der Waals surface area contributed by atoms with Gasteiger partial charge in [-0.3, -0.25) is 4.90 Å². The van der Waals surface area contributed by atoms with Gasteiger partial charge in [-0.1, -0.05) is 29.8 Å². The molecule has 3 aromatic rings. The zero-order chi connectivity index (χ0) is 30.2. The number of pyridine rings is 1. The van der Waals surface area contributed by atoms with E-state index < -0.39 is 29.3 Å². The number of piperazine rings is 1. The van der Waals surface area contributed by atoms with E-state index in [-0.39, 0.29) is 5.56 Å². The lowest BCUT2D eigenvalue weighted by Gasteiger charge is -2.38. The van der Waals surface area contributed by atoms with Crippen molar-refractivity contribution in [3.63, 3.8) is 0 Å². The molecule has 0 bridgehead atoms. The van der Waals surface area contributed by atoms with Crippen LogP contribution in [0.25, 0.3) is 11.0 Å². The zero-order valence-electron chi connectivity index (χ0n) is 25.0. The van der Waals surface area contributed by atoms with E-state index in [0.29, 0.717) is 60.0 Å². The number of benzene rings is 1. The van der Waals surface area contributed by atoms with Gasteiger partial charge in [0.05, 0.1) is 22.7 Å². The maximum absolute atomic E-state index is 15.8. The van der Waals surface area contributed by atoms with Crippen molar-refractivity contribution in [2.45, 2.75) is 71.5 Å². The molecule has 0 amide bonds. The van der Waals surface area contributed by atoms with Crippen molar-refractivity contribution in [2.75, 3.05) is 49.5 Å². The second-order valence-electron chi connectivity index (χ2n) is 12.1. The van der Waals surface area contributed by atoms with Crippen LogP contribution in [0.2, 0.25) is 5.15 Å². The van der Waals surface area contributed by atoms with Crippen molar-refractivity contribution < 1.29 is 13.2 Å². The summed E-state index contributed by atoms with van der Waals surface area (Å²) in [5, 5.41) is 4.23. The smallest absolute Gasteiger partial charge is 0.278 e. The molecule has 0 saturated carbocycles. The van der Waals surface area contributed by atoms with Gasteiger partial charge < -0.3 is 15.1 Å². The molecular formula is C31H41ClF3N7. The van der Waals surface area contributed by atoms with E-state index in [1.165, 1.54) is 18.5 Å². The third kappa shape index (κ3) is 6.17. The monoisotopic (exact) mass is 603 g/mol. The molecule has 2 saturated heterocycles. The number of piperidine rings is 1. The highest BCUT2D eigenvalue weighted by Gasteiger charge is 2.45. The van der Waals surface area contributed by atoms with Crippen LogP contribution in [0, 0.1) is 11.7 Å². The summed E-state index contributed by atoms with van der Waals surface area (Å²) in [4.78, 5) is 20.0. The van der Waals surface area contributed by atoms with E-state index in [4.69, 9.17) is 11.6 Å². The van der Waals surface area contributed by atoms with E-state index in [2.05, 4.69) is 62.7 Å². The Balaban J connectivity index is 1.38. The van der Waals surface area contributed by atoms with Crippen molar-refractivity contribution in [2.24, 2.45) is 5.92 Å². The Hall–Kier alpha value is -2.69. The summed E-state index contributed by atoms with van der Waals surface area (Å²) in [6.45, 7) is 14.9. The molecule has 2 aliphatic heterocycles. The van der Waals surface area contributed by atoms with Gasteiger partial charge in [-0.2, -0.15) is 0 Å². The van der Waals surface area contributed by atoms with Crippen molar-refractivity contribution in [1.29, 1.82) is 0 Å². The molecule has 4 heterocycles. The highest BCUT2D eigenvalue weighted by atomic mass is 35.5. The minimum absolute atomic E-state index is 0.158. The molecule has 2 fully saturated rings. The molecule has 1 N–H and O–H groups in total. The highest BCUT2D eigenvalue weighted by Crippen LogP contribution is 2.44. The van der Waals surface area contributed by atoms with E-state index >= 15 is 13.2 Å². The van der Waals surface area contributed by atoms with Crippen LogP contribution in [0.5, 0.6) is 0 Å². The van der Waals surface area contributed by atoms with E-state index in [9.17, 15) is 0 Å². The molecule has 2 aromatic heterocycles. The molecule has 0 unspecified atom stereocenters. The van der Waals surface area contributed by atoms with Crippen LogP contribution in [-0.2, 0) is 5.92 Å². The van der Waals surface area contributed by atoms with Gasteiger partial charge in [-0.15, -0.1) is 0 Å². The first-order valence-corrected chi connectivity index (χ1v) is 15.3. The van der Waals surface area contributed by atoms with Crippen LogP contribution < -0.4 is 10.2 Å². The van der Waals surface area contributed by atoms with Crippen LogP contribution in [-0.4, -0.2) is 76.1 Å². The second-order valence-corrected chi connectivity index (χ2v) is 12.5. The van der Waals surface area contributed by atoms with Crippen LogP contribution in [0.1, 0.15) is 64.6 Å². The van der Waals surface area contributed by atoms with Gasteiger partial charge in [-0.05, 0) is 66.6 Å². The Labute approximate surface area is 251 Å². The lowest BCUT2D eigenvalue weighted by Crippen LogP contribution is -2.49. The molecule has 1 aromatic carbocycles. The van der Waals surface area contributed by atoms with Crippen LogP contribution in [0.15, 0.2) is 30.6 Å². The molecule has 5 rings (SSSR count). The first kappa shape index (κ1) is 30.8. The fraction of sp³-hybridized carbons (Fsp3) is 0.581. The van der Waals surface area contributed by atoms with Gasteiger partial charge in [0.25, 0.3) is 5.92 Å². The quantitative estimate of drug-likeness (QED) is 0.286. The van der Waals surface area contributed by atoms with Crippen LogP contribution in [0.3, 0.4) is 0 Å². The number of aromatic nitrogens is 3. The number of alkyl halides is 2. The summed E-state index contributed by atoms with van der Waals surface area (Å²) in [6, 6.07) is 6.33. The average Bonchev–Trinajstić information content (AvgIpc) is 2.97. The van der Waals surface area contributed by atoms with Gasteiger partial charge in [-0.25, -0.2) is 28.1 Å². The summed E-state index contributed by atoms with van der Waals surface area (Å²) in [7, 11) is 0. The molecule has 0 spiro atoms. The van der Waals surface area contributed by atoms with Gasteiger partial charge in [0.1, 0.15) is 18.0 Å². The van der Waals surface area contributed by atoms with Crippen molar-refractivity contribution in [3.05, 3.63) is 52.7 Å². The largest absolute Gasteiger partial charge is 0.366 e. The summed E-state index contributed by atoms with van der Waals surface area (Å²) >= 11 is 6.59. The topological polar surface area (TPSA) is 60.4 Å². The number of nitrogens with zero attached hydrogens (tertiary/aromatic N) is 6. The molecule has 0 aliphatic carbocycles. The zero-order valence-corrected chi connectivity index (χ0v) is 25.8. The Morgan fingerprint density at radius 2 is 1.57 bits per heavy atom. The summed E-state index contributed by atoms with van der Waals surface area (Å²) in [6.07, 6.45) is 2.03. The van der Waals surface area contributed by atoms with Gasteiger partial charge in [0.15, 0.2) is 10.8 Å². The maximum atomic E-state index is 15.8. The molecule has 1 atom stereocenters. The lowest BCUT2D eigenvalue weighted by atomic mass is 9.85. The van der Waals surface area contributed by atoms with Crippen molar-refractivity contribution >= 4 is 34.1 Å². The first-order valence-electron chi connectivity index (χ1n) is 14.9. The van der Waals surface area contributed by atoms with Gasteiger partial charge >= 0.3 is 0 Å². The summed E-state index contributed by atoms with van der Waals surface area (Å²) < 4.78 is 47.3. The maximum Gasteiger partial charge on any atom is 0.278 e. The highest BCUT2D eigenvalue weighted by molar-refractivity contribution is 6.32. The summed E-state index contributed by atoms with van der Waals surface area (Å²) in [5.41, 5.74) is 0.808. The summed E-state index contributed by atoms with van der Waals surface area (Å²) in [5.74, 6) is -4.60. The third-order valence-corrected chi connectivity index (χ3v) is 9.20. The number of rotatable bonds is 8. The van der Waals surface area contributed by atoms with E-state index in [1.54, 1.807) is 13.0 Å². The normalized spacial score (nSPS) is 18.8. The molecule has 42 heavy (non-hydrogen) atoms. The van der Waals surface area contributed by atoms with E-state index in [1.807, 2.05) is 6.07 Å². The van der Waals surface area contributed by atoms with Crippen molar-refractivity contribution in [1.82, 2.24) is 24.8 Å². The molecule has 7 nitrogen and oxygen atoms in total. The molecular weight excluding hydrogens is 563 g/mol. The lowest BCUT2D eigenvalue weighted by molar-refractivity contribution is -0.0900. The van der Waals surface area contributed by atoms with Crippen molar-refractivity contribution in [3.8, 4) is 0 Å². The number of halogens is 4. The average molecular weight is 604 g/mol.